The van der Waals surface area contributed by atoms with Crippen molar-refractivity contribution in [2.75, 3.05) is 0 Å². The zero-order valence-electron chi connectivity index (χ0n) is 10.7. The Bertz CT molecular complexity index is 547. The highest BCUT2D eigenvalue weighted by atomic mass is 35.5. The van der Waals surface area contributed by atoms with Gasteiger partial charge in [-0.3, -0.25) is 4.98 Å². The van der Waals surface area contributed by atoms with Gasteiger partial charge in [0.15, 0.2) is 0 Å². The Morgan fingerprint density at radius 1 is 1.05 bits per heavy atom. The molecule has 0 spiro atoms. The van der Waals surface area contributed by atoms with Gasteiger partial charge in [-0.15, -0.1) is 0 Å². The largest absolute Gasteiger partial charge is 0.323 e. The van der Waals surface area contributed by atoms with Crippen LogP contribution in [0.15, 0.2) is 48.8 Å². The molecular formula is C16H17ClN2. The third-order valence-electron chi connectivity index (χ3n) is 4.33. The lowest BCUT2D eigenvalue weighted by molar-refractivity contribution is 0.196. The van der Waals surface area contributed by atoms with E-state index in [1.165, 1.54) is 12.0 Å². The van der Waals surface area contributed by atoms with E-state index in [1.807, 2.05) is 36.7 Å². The molecule has 1 aromatic carbocycles. The lowest BCUT2D eigenvalue weighted by Gasteiger charge is -2.47. The number of nitrogens with zero attached hydrogens (tertiary/aromatic N) is 1. The van der Waals surface area contributed by atoms with Gasteiger partial charge >= 0.3 is 0 Å². The van der Waals surface area contributed by atoms with Crippen LogP contribution in [0.4, 0.5) is 0 Å². The molecule has 1 aliphatic carbocycles. The molecule has 1 heterocycles. The van der Waals surface area contributed by atoms with Crippen LogP contribution in [0.25, 0.3) is 0 Å². The van der Waals surface area contributed by atoms with Crippen molar-refractivity contribution in [3.05, 3.63) is 64.9 Å². The minimum absolute atomic E-state index is 0.0189. The zero-order valence-corrected chi connectivity index (χ0v) is 11.5. The van der Waals surface area contributed by atoms with Crippen LogP contribution in [0, 0.1) is 0 Å². The van der Waals surface area contributed by atoms with Gasteiger partial charge in [-0.05, 0) is 48.2 Å². The van der Waals surface area contributed by atoms with Crippen molar-refractivity contribution >= 4 is 11.6 Å². The van der Waals surface area contributed by atoms with Crippen LogP contribution in [-0.4, -0.2) is 4.98 Å². The van der Waals surface area contributed by atoms with Gasteiger partial charge < -0.3 is 5.73 Å². The van der Waals surface area contributed by atoms with Gasteiger partial charge in [0.2, 0.25) is 0 Å². The van der Waals surface area contributed by atoms with E-state index in [9.17, 15) is 0 Å². The quantitative estimate of drug-likeness (QED) is 0.922. The van der Waals surface area contributed by atoms with Gasteiger partial charge in [-0.2, -0.15) is 0 Å². The Hall–Kier alpha value is -1.38. The summed E-state index contributed by atoms with van der Waals surface area (Å²) in [6.07, 6.45) is 7.13. The molecule has 19 heavy (non-hydrogen) atoms. The standard InChI is InChI=1S/C16H17ClN2/c17-14-4-2-13(3-5-14)16(8-1-9-16)15(18)12-6-10-19-11-7-12/h2-7,10-11,15H,1,8-9,18H2. The fourth-order valence-corrected chi connectivity index (χ4v) is 3.13. The second-order valence-corrected chi connectivity index (χ2v) is 5.71. The summed E-state index contributed by atoms with van der Waals surface area (Å²) >= 11 is 5.98. The third kappa shape index (κ3) is 2.15. The molecule has 1 saturated carbocycles. The van der Waals surface area contributed by atoms with E-state index in [4.69, 9.17) is 17.3 Å². The molecule has 3 heteroatoms. The van der Waals surface area contributed by atoms with Crippen LogP contribution in [0.3, 0.4) is 0 Å². The second kappa shape index (κ2) is 4.95. The van der Waals surface area contributed by atoms with Crippen LogP contribution in [-0.2, 0) is 5.41 Å². The highest BCUT2D eigenvalue weighted by Crippen LogP contribution is 2.51. The van der Waals surface area contributed by atoms with Crippen molar-refractivity contribution in [2.24, 2.45) is 5.73 Å². The number of rotatable bonds is 3. The number of hydrogen-bond donors (Lipinski definition) is 1. The summed E-state index contributed by atoms with van der Waals surface area (Å²) in [6, 6.07) is 12.2. The van der Waals surface area contributed by atoms with E-state index < -0.39 is 0 Å². The molecule has 98 valence electrons. The SMILES string of the molecule is NC(c1ccncc1)C1(c2ccc(Cl)cc2)CCC1. The molecule has 0 radical (unpaired) electrons. The van der Waals surface area contributed by atoms with E-state index in [0.717, 1.165) is 23.4 Å². The molecule has 0 aliphatic heterocycles. The molecule has 2 nitrogen and oxygen atoms in total. The molecule has 0 amide bonds. The number of benzene rings is 1. The van der Waals surface area contributed by atoms with Crippen molar-refractivity contribution in [2.45, 2.75) is 30.7 Å². The minimum Gasteiger partial charge on any atom is -0.323 e. The van der Waals surface area contributed by atoms with E-state index in [0.29, 0.717) is 0 Å². The summed E-state index contributed by atoms with van der Waals surface area (Å²) in [5.41, 5.74) is 9.06. The van der Waals surface area contributed by atoms with Gasteiger partial charge in [0.05, 0.1) is 0 Å². The lowest BCUT2D eigenvalue weighted by atomic mass is 9.59. The smallest absolute Gasteiger partial charge is 0.0406 e. The summed E-state index contributed by atoms with van der Waals surface area (Å²) in [7, 11) is 0. The Labute approximate surface area is 118 Å². The number of aromatic nitrogens is 1. The van der Waals surface area contributed by atoms with E-state index >= 15 is 0 Å². The van der Waals surface area contributed by atoms with E-state index in [2.05, 4.69) is 17.1 Å². The predicted octanol–water partition coefficient (Wildman–Crippen LogP) is 3.86. The summed E-state index contributed by atoms with van der Waals surface area (Å²) in [4.78, 5) is 4.07. The van der Waals surface area contributed by atoms with E-state index in [1.54, 1.807) is 0 Å². The van der Waals surface area contributed by atoms with Crippen molar-refractivity contribution < 1.29 is 0 Å². The van der Waals surface area contributed by atoms with Crippen molar-refractivity contribution in [3.8, 4) is 0 Å². The van der Waals surface area contributed by atoms with Crippen LogP contribution in [0.5, 0.6) is 0 Å². The summed E-state index contributed by atoms with van der Waals surface area (Å²) in [6.45, 7) is 0. The average molecular weight is 273 g/mol. The Kier molecular flexibility index (Phi) is 3.29. The number of nitrogens with two attached hydrogens (primary N) is 1. The molecule has 1 atom stereocenters. The Morgan fingerprint density at radius 3 is 2.21 bits per heavy atom. The van der Waals surface area contributed by atoms with Crippen LogP contribution < -0.4 is 5.73 Å². The summed E-state index contributed by atoms with van der Waals surface area (Å²) < 4.78 is 0. The van der Waals surface area contributed by atoms with Gasteiger partial charge in [0.1, 0.15) is 0 Å². The van der Waals surface area contributed by atoms with Gasteiger partial charge in [-0.1, -0.05) is 30.2 Å². The first-order valence-electron chi connectivity index (χ1n) is 6.64. The highest BCUT2D eigenvalue weighted by molar-refractivity contribution is 6.30. The van der Waals surface area contributed by atoms with Crippen LogP contribution in [0.1, 0.15) is 36.4 Å². The molecule has 2 aromatic rings. The molecule has 3 rings (SSSR count). The first-order valence-corrected chi connectivity index (χ1v) is 7.02. The first-order chi connectivity index (χ1) is 9.22. The van der Waals surface area contributed by atoms with Gasteiger partial charge in [0.25, 0.3) is 0 Å². The van der Waals surface area contributed by atoms with Crippen LogP contribution >= 0.6 is 11.6 Å². The Balaban J connectivity index is 1.97. The zero-order chi connectivity index (χ0) is 13.3. The topological polar surface area (TPSA) is 38.9 Å². The van der Waals surface area contributed by atoms with Gasteiger partial charge in [-0.25, -0.2) is 0 Å². The molecule has 0 saturated heterocycles. The fourth-order valence-electron chi connectivity index (χ4n) is 3.01. The lowest BCUT2D eigenvalue weighted by Crippen LogP contribution is -2.44. The van der Waals surface area contributed by atoms with Gasteiger partial charge in [0, 0.05) is 28.9 Å². The number of halogens is 1. The fraction of sp³-hybridized carbons (Fsp3) is 0.312. The van der Waals surface area contributed by atoms with Crippen molar-refractivity contribution in [1.82, 2.24) is 4.98 Å². The number of pyridine rings is 1. The van der Waals surface area contributed by atoms with E-state index in [-0.39, 0.29) is 11.5 Å². The normalized spacial score (nSPS) is 18.6. The molecule has 0 bridgehead atoms. The first kappa shape index (κ1) is 12.6. The maximum absolute atomic E-state index is 6.54. The molecule has 1 aromatic heterocycles. The van der Waals surface area contributed by atoms with Crippen LogP contribution in [0.2, 0.25) is 5.02 Å². The molecule has 1 aliphatic rings. The predicted molar refractivity (Wildman–Crippen MR) is 78.1 cm³/mol. The summed E-state index contributed by atoms with van der Waals surface area (Å²) in [5, 5.41) is 0.774. The summed E-state index contributed by atoms with van der Waals surface area (Å²) in [5.74, 6) is 0. The average Bonchev–Trinajstić information content (AvgIpc) is 2.40. The van der Waals surface area contributed by atoms with Crippen molar-refractivity contribution in [1.29, 1.82) is 0 Å². The molecular weight excluding hydrogens is 256 g/mol. The second-order valence-electron chi connectivity index (χ2n) is 5.27. The Morgan fingerprint density at radius 2 is 1.68 bits per heavy atom. The molecule has 1 fully saturated rings. The minimum atomic E-state index is 0.0189. The maximum atomic E-state index is 6.54. The molecule has 1 unspecified atom stereocenters. The monoisotopic (exact) mass is 272 g/mol. The maximum Gasteiger partial charge on any atom is 0.0406 e. The van der Waals surface area contributed by atoms with Crippen molar-refractivity contribution in [3.63, 3.8) is 0 Å². The molecule has 2 N–H and O–H groups in total. The third-order valence-corrected chi connectivity index (χ3v) is 4.58. The number of hydrogen-bond acceptors (Lipinski definition) is 2. The highest BCUT2D eigenvalue weighted by Gasteiger charge is 2.44.